The molecule has 9 heteroatoms. The van der Waals surface area contributed by atoms with Crippen molar-refractivity contribution in [1.82, 2.24) is 24.6 Å². The predicted molar refractivity (Wildman–Crippen MR) is 112 cm³/mol. The zero-order valence-electron chi connectivity index (χ0n) is 16.9. The number of aromatic nitrogens is 4. The topological polar surface area (TPSA) is 127 Å². The average molecular weight is 416 g/mol. The van der Waals surface area contributed by atoms with Gasteiger partial charge >= 0.3 is 0 Å². The average Bonchev–Trinajstić information content (AvgIpc) is 3.47. The molecule has 5 rings (SSSR count). The fraction of sp³-hybridized carbons (Fsp3) is 0.318. The summed E-state index contributed by atoms with van der Waals surface area (Å²) >= 11 is 0. The van der Waals surface area contributed by atoms with Gasteiger partial charge in [0.05, 0.1) is 17.6 Å². The molecule has 2 fully saturated rings. The van der Waals surface area contributed by atoms with E-state index in [1.165, 1.54) is 4.90 Å². The van der Waals surface area contributed by atoms with Crippen molar-refractivity contribution in [2.24, 2.45) is 5.73 Å². The molecule has 2 aliphatic rings. The Hall–Kier alpha value is -3.77. The molecule has 3 N–H and O–H groups in total. The van der Waals surface area contributed by atoms with E-state index in [0.717, 1.165) is 12.8 Å². The van der Waals surface area contributed by atoms with Crippen LogP contribution < -0.4 is 5.73 Å². The summed E-state index contributed by atoms with van der Waals surface area (Å²) in [5.41, 5.74) is 5.82. The number of likely N-dealkylation sites (tertiary alicyclic amines) is 1. The van der Waals surface area contributed by atoms with E-state index in [9.17, 15) is 14.7 Å². The number of rotatable bonds is 3. The third kappa shape index (κ3) is 3.31. The van der Waals surface area contributed by atoms with Crippen LogP contribution in [0.3, 0.4) is 0 Å². The van der Waals surface area contributed by atoms with Crippen LogP contribution in [0.1, 0.15) is 41.4 Å². The highest BCUT2D eigenvalue weighted by Gasteiger charge is 2.42. The van der Waals surface area contributed by atoms with E-state index in [1.807, 2.05) is 4.68 Å². The lowest BCUT2D eigenvalue weighted by Crippen LogP contribution is -2.37. The number of fused-ring (bicyclic) bond motifs is 1. The maximum Gasteiger partial charge on any atom is 0.268 e. The number of amides is 2. The molecule has 1 saturated heterocycles. The summed E-state index contributed by atoms with van der Waals surface area (Å²) < 4.78 is 1.81. The second-order valence-electron chi connectivity index (χ2n) is 7.99. The van der Waals surface area contributed by atoms with E-state index in [2.05, 4.69) is 26.9 Å². The number of nitrogens with zero attached hydrogens (tertiary/aromatic N) is 5. The van der Waals surface area contributed by atoms with Crippen LogP contribution in [0.25, 0.3) is 22.4 Å². The van der Waals surface area contributed by atoms with Gasteiger partial charge in [-0.3, -0.25) is 9.59 Å². The minimum atomic E-state index is -1.67. The van der Waals surface area contributed by atoms with Gasteiger partial charge in [-0.15, -0.1) is 0 Å². The molecule has 9 nitrogen and oxygen atoms in total. The molecule has 1 saturated carbocycles. The minimum absolute atomic E-state index is 0.122. The summed E-state index contributed by atoms with van der Waals surface area (Å²) in [5, 5.41) is 15.4. The van der Waals surface area contributed by atoms with Gasteiger partial charge in [0.1, 0.15) is 5.69 Å². The van der Waals surface area contributed by atoms with Gasteiger partial charge in [-0.2, -0.15) is 5.10 Å². The highest BCUT2D eigenvalue weighted by atomic mass is 16.3. The molecule has 156 valence electrons. The van der Waals surface area contributed by atoms with E-state index in [4.69, 9.17) is 5.73 Å². The monoisotopic (exact) mass is 416 g/mol. The van der Waals surface area contributed by atoms with Crippen LogP contribution in [0.2, 0.25) is 0 Å². The lowest BCUT2D eigenvalue weighted by Gasteiger charge is -2.13. The Morgan fingerprint density at radius 3 is 2.81 bits per heavy atom. The number of hydrogen-bond donors (Lipinski definition) is 2. The third-order valence-electron chi connectivity index (χ3n) is 5.62. The van der Waals surface area contributed by atoms with Crippen molar-refractivity contribution in [1.29, 1.82) is 0 Å². The Labute approximate surface area is 177 Å². The van der Waals surface area contributed by atoms with Gasteiger partial charge in [-0.1, -0.05) is 24.0 Å². The van der Waals surface area contributed by atoms with E-state index in [0.29, 0.717) is 34.5 Å². The van der Waals surface area contributed by atoms with Gasteiger partial charge in [0.25, 0.3) is 11.8 Å². The van der Waals surface area contributed by atoms with Gasteiger partial charge in [-0.25, -0.2) is 14.6 Å². The fourth-order valence-electron chi connectivity index (χ4n) is 3.71. The highest BCUT2D eigenvalue weighted by Crippen LogP contribution is 2.37. The van der Waals surface area contributed by atoms with Gasteiger partial charge in [0, 0.05) is 31.1 Å². The fourth-order valence-corrected chi connectivity index (χ4v) is 3.71. The second-order valence-corrected chi connectivity index (χ2v) is 7.99. The Morgan fingerprint density at radius 2 is 2.13 bits per heavy atom. The summed E-state index contributed by atoms with van der Waals surface area (Å²) in [4.78, 5) is 34.6. The van der Waals surface area contributed by atoms with E-state index < -0.39 is 17.4 Å². The molecule has 2 aromatic heterocycles. The summed E-state index contributed by atoms with van der Waals surface area (Å²) in [6, 6.07) is 7.38. The molecule has 1 aliphatic carbocycles. The quantitative estimate of drug-likeness (QED) is 0.610. The summed E-state index contributed by atoms with van der Waals surface area (Å²) in [6.45, 7) is 0.461. The molecule has 1 aromatic carbocycles. The summed E-state index contributed by atoms with van der Waals surface area (Å²) in [6.07, 6.45) is 3.88. The van der Waals surface area contributed by atoms with Gasteiger partial charge < -0.3 is 15.7 Å². The lowest BCUT2D eigenvalue weighted by atomic mass is 10.0. The molecule has 0 bridgehead atoms. The van der Waals surface area contributed by atoms with Crippen LogP contribution in [0.4, 0.5) is 0 Å². The lowest BCUT2D eigenvalue weighted by molar-refractivity contribution is -0.137. The molecule has 31 heavy (non-hydrogen) atoms. The van der Waals surface area contributed by atoms with Crippen molar-refractivity contribution in [3.05, 3.63) is 41.7 Å². The molecule has 1 aliphatic heterocycles. The summed E-state index contributed by atoms with van der Waals surface area (Å²) in [5.74, 6) is 4.88. The maximum atomic E-state index is 12.1. The number of nitrogens with two attached hydrogens (primary N) is 1. The zero-order chi connectivity index (χ0) is 21.8. The van der Waals surface area contributed by atoms with Crippen molar-refractivity contribution < 1.29 is 14.7 Å². The number of carbonyl (C=O) groups is 2. The van der Waals surface area contributed by atoms with Crippen molar-refractivity contribution >= 4 is 22.8 Å². The van der Waals surface area contributed by atoms with Crippen molar-refractivity contribution in [2.45, 2.75) is 30.9 Å². The van der Waals surface area contributed by atoms with Crippen LogP contribution in [-0.4, -0.2) is 60.8 Å². The smallest absolute Gasteiger partial charge is 0.268 e. The number of benzene rings is 1. The van der Waals surface area contributed by atoms with Crippen LogP contribution in [-0.2, 0) is 4.79 Å². The largest absolute Gasteiger partial charge is 0.369 e. The third-order valence-corrected chi connectivity index (χ3v) is 5.62. The molecule has 3 heterocycles. The van der Waals surface area contributed by atoms with Crippen molar-refractivity contribution in [3.63, 3.8) is 0 Å². The van der Waals surface area contributed by atoms with Gasteiger partial charge in [-0.05, 0) is 25.0 Å². The van der Waals surface area contributed by atoms with Crippen LogP contribution >= 0.6 is 0 Å². The first-order chi connectivity index (χ1) is 14.9. The standard InChI is InChI=1S/C22H20N6O3/c1-27-10-9-22(31,21(27)30)8-7-13-3-2-4-14(11-13)19-25-17(18(23)29)16-12-24-28(15-5-6-15)20(16)26-19/h2-4,11-12,15,31H,5-6,9-10H2,1H3,(H2,23,29)/t22-/m0/s1. The van der Waals surface area contributed by atoms with E-state index >= 15 is 0 Å². The number of primary amides is 1. The molecular formula is C22H20N6O3. The highest BCUT2D eigenvalue weighted by molar-refractivity contribution is 6.03. The van der Waals surface area contributed by atoms with Crippen LogP contribution in [0.5, 0.6) is 0 Å². The number of hydrogen-bond acceptors (Lipinski definition) is 6. The molecule has 1 atom stereocenters. The minimum Gasteiger partial charge on any atom is -0.369 e. The first-order valence-corrected chi connectivity index (χ1v) is 10.0. The van der Waals surface area contributed by atoms with E-state index in [-0.39, 0.29) is 18.2 Å². The SMILES string of the molecule is CN1CC[C@@](O)(C#Cc2cccc(-c3nc(C(N)=O)c4cnn(C5CC5)c4n3)c2)C1=O. The molecule has 0 radical (unpaired) electrons. The molecule has 0 spiro atoms. The predicted octanol–water partition coefficient (Wildman–Crippen LogP) is 0.872. The van der Waals surface area contributed by atoms with Crippen molar-refractivity contribution in [3.8, 4) is 23.2 Å². The van der Waals surface area contributed by atoms with E-state index in [1.54, 1.807) is 37.5 Å². The Morgan fingerprint density at radius 1 is 1.32 bits per heavy atom. The number of likely N-dealkylation sites (N-methyl/N-ethyl adjacent to an activating group) is 1. The molecule has 0 unspecified atom stereocenters. The maximum absolute atomic E-state index is 12.1. The Kier molecular flexibility index (Phi) is 4.27. The summed E-state index contributed by atoms with van der Waals surface area (Å²) in [7, 11) is 1.64. The molecular weight excluding hydrogens is 396 g/mol. The van der Waals surface area contributed by atoms with Gasteiger partial charge in [0.15, 0.2) is 11.5 Å². The Balaban J connectivity index is 1.56. The van der Waals surface area contributed by atoms with Gasteiger partial charge in [0.2, 0.25) is 5.60 Å². The Bertz CT molecular complexity index is 1300. The zero-order valence-corrected chi connectivity index (χ0v) is 16.9. The number of carbonyl (C=O) groups excluding carboxylic acids is 2. The van der Waals surface area contributed by atoms with Crippen LogP contribution in [0, 0.1) is 11.8 Å². The second kappa shape index (κ2) is 6.89. The molecule has 2 amide bonds. The first-order valence-electron chi connectivity index (χ1n) is 10.0. The molecule has 3 aromatic rings. The van der Waals surface area contributed by atoms with Crippen molar-refractivity contribution in [2.75, 3.05) is 13.6 Å². The first kappa shape index (κ1) is 19.2. The normalized spacial score (nSPS) is 20.7. The number of aliphatic hydroxyl groups is 1. The van der Waals surface area contributed by atoms with Crippen LogP contribution in [0.15, 0.2) is 30.5 Å².